The van der Waals surface area contributed by atoms with Crippen LogP contribution in [-0.2, 0) is 0 Å². The van der Waals surface area contributed by atoms with Gasteiger partial charge in [0.05, 0.1) is 13.7 Å². The largest absolute Gasteiger partial charge is 0.491 e. The number of hydrogen-bond donors (Lipinski definition) is 0. The van der Waals surface area contributed by atoms with Gasteiger partial charge in [-0.3, -0.25) is 0 Å². The fourth-order valence-electron chi connectivity index (χ4n) is 1.72. The van der Waals surface area contributed by atoms with Gasteiger partial charge < -0.3 is 4.74 Å². The van der Waals surface area contributed by atoms with Crippen LogP contribution in [0.25, 0.3) is 0 Å². The zero-order valence-electron chi connectivity index (χ0n) is 10.6. The summed E-state index contributed by atoms with van der Waals surface area (Å²) in [6, 6.07) is 4.33. The van der Waals surface area contributed by atoms with E-state index in [0.29, 0.717) is 0 Å². The SMILES string of the molecule is CCCCCCCCOc1c(I)cc(I)cc1I. The summed E-state index contributed by atoms with van der Waals surface area (Å²) >= 11 is 7.06. The van der Waals surface area contributed by atoms with Crippen LogP contribution < -0.4 is 4.74 Å². The first kappa shape index (κ1) is 17.3. The molecule has 4 heteroatoms. The van der Waals surface area contributed by atoms with Crippen molar-refractivity contribution in [2.75, 3.05) is 6.61 Å². The summed E-state index contributed by atoms with van der Waals surface area (Å²) in [5, 5.41) is 0. The molecular weight excluding hydrogens is 565 g/mol. The zero-order chi connectivity index (χ0) is 13.4. The van der Waals surface area contributed by atoms with Gasteiger partial charge in [0.1, 0.15) is 5.75 Å². The van der Waals surface area contributed by atoms with Gasteiger partial charge in [-0.2, -0.15) is 0 Å². The Balaban J connectivity index is 2.27. The van der Waals surface area contributed by atoms with Gasteiger partial charge in [0.25, 0.3) is 0 Å². The molecule has 1 aromatic rings. The molecule has 0 aliphatic rings. The molecule has 18 heavy (non-hydrogen) atoms. The lowest BCUT2D eigenvalue weighted by Gasteiger charge is -2.10. The van der Waals surface area contributed by atoms with E-state index in [9.17, 15) is 0 Å². The Kier molecular flexibility index (Phi) is 9.60. The van der Waals surface area contributed by atoms with Crippen molar-refractivity contribution in [1.82, 2.24) is 0 Å². The van der Waals surface area contributed by atoms with Gasteiger partial charge in [0, 0.05) is 3.57 Å². The van der Waals surface area contributed by atoms with Crippen LogP contribution in [0.15, 0.2) is 12.1 Å². The zero-order valence-corrected chi connectivity index (χ0v) is 17.1. The third-order valence-electron chi connectivity index (χ3n) is 2.71. The molecule has 1 nitrogen and oxygen atoms in total. The van der Waals surface area contributed by atoms with E-state index in [1.165, 1.54) is 49.2 Å². The van der Waals surface area contributed by atoms with Crippen LogP contribution in [0.3, 0.4) is 0 Å². The molecule has 1 rings (SSSR count). The van der Waals surface area contributed by atoms with Crippen LogP contribution >= 0.6 is 67.8 Å². The number of unbranched alkanes of at least 4 members (excludes halogenated alkanes) is 5. The van der Waals surface area contributed by atoms with Gasteiger partial charge in [0.2, 0.25) is 0 Å². The number of rotatable bonds is 8. The highest BCUT2D eigenvalue weighted by molar-refractivity contribution is 14.1. The highest BCUT2D eigenvalue weighted by Crippen LogP contribution is 2.29. The smallest absolute Gasteiger partial charge is 0.145 e. The van der Waals surface area contributed by atoms with Crippen molar-refractivity contribution in [2.24, 2.45) is 0 Å². The van der Waals surface area contributed by atoms with E-state index >= 15 is 0 Å². The predicted molar refractivity (Wildman–Crippen MR) is 103 cm³/mol. The first-order chi connectivity index (χ1) is 8.65. The molecule has 0 spiro atoms. The second kappa shape index (κ2) is 10.0. The number of ether oxygens (including phenoxy) is 1. The molecule has 0 N–H and O–H groups in total. The van der Waals surface area contributed by atoms with Crippen molar-refractivity contribution in [3.8, 4) is 5.75 Å². The Hall–Kier alpha value is 1.21. The summed E-state index contributed by atoms with van der Waals surface area (Å²) in [5.74, 6) is 1.06. The van der Waals surface area contributed by atoms with E-state index in [-0.39, 0.29) is 0 Å². The first-order valence-corrected chi connectivity index (χ1v) is 9.66. The maximum Gasteiger partial charge on any atom is 0.145 e. The van der Waals surface area contributed by atoms with Crippen molar-refractivity contribution in [2.45, 2.75) is 45.4 Å². The standard InChI is InChI=1S/C14H19I3O/c1-2-3-4-5-6-7-8-18-14-12(16)9-11(15)10-13(14)17/h9-10H,2-8H2,1H3. The maximum atomic E-state index is 5.91. The Morgan fingerprint density at radius 3 is 2.06 bits per heavy atom. The average Bonchev–Trinajstić information content (AvgIpc) is 2.30. The van der Waals surface area contributed by atoms with Crippen LogP contribution in [0.5, 0.6) is 5.75 Å². The molecule has 102 valence electrons. The van der Waals surface area contributed by atoms with Crippen LogP contribution in [-0.4, -0.2) is 6.61 Å². The third kappa shape index (κ3) is 6.58. The van der Waals surface area contributed by atoms with Gasteiger partial charge >= 0.3 is 0 Å². The average molecular weight is 584 g/mol. The van der Waals surface area contributed by atoms with Gasteiger partial charge in [-0.15, -0.1) is 0 Å². The van der Waals surface area contributed by atoms with E-state index in [4.69, 9.17) is 4.74 Å². The summed E-state index contributed by atoms with van der Waals surface area (Å²) in [6.07, 6.45) is 7.86. The normalized spacial score (nSPS) is 10.7. The quantitative estimate of drug-likeness (QED) is 0.260. The van der Waals surface area contributed by atoms with Crippen LogP contribution in [0.4, 0.5) is 0 Å². The number of halogens is 3. The molecule has 0 aliphatic carbocycles. The molecule has 0 bridgehead atoms. The Bertz CT molecular complexity index is 343. The van der Waals surface area contributed by atoms with Gasteiger partial charge in [-0.05, 0) is 86.3 Å². The van der Waals surface area contributed by atoms with E-state index in [1.54, 1.807) is 0 Å². The van der Waals surface area contributed by atoms with Crippen LogP contribution in [0.1, 0.15) is 45.4 Å². The minimum absolute atomic E-state index is 0.846. The summed E-state index contributed by atoms with van der Waals surface area (Å²) in [7, 11) is 0. The van der Waals surface area contributed by atoms with E-state index in [0.717, 1.165) is 12.4 Å². The second-order valence-electron chi connectivity index (χ2n) is 4.31. The minimum atomic E-state index is 0.846. The summed E-state index contributed by atoms with van der Waals surface area (Å²) < 4.78 is 9.62. The molecule has 0 aliphatic heterocycles. The predicted octanol–water partition coefficient (Wildman–Crippen LogP) is 6.24. The van der Waals surface area contributed by atoms with Gasteiger partial charge in [0.15, 0.2) is 0 Å². The molecular formula is C14H19I3O. The molecule has 0 aromatic heterocycles. The van der Waals surface area contributed by atoms with Gasteiger partial charge in [-0.1, -0.05) is 39.0 Å². The lowest BCUT2D eigenvalue weighted by molar-refractivity contribution is 0.300. The molecule has 0 fully saturated rings. The molecule has 0 radical (unpaired) electrons. The van der Waals surface area contributed by atoms with E-state index in [2.05, 4.69) is 86.8 Å². The molecule has 0 heterocycles. The molecule has 0 unspecified atom stereocenters. The number of benzene rings is 1. The van der Waals surface area contributed by atoms with Crippen molar-refractivity contribution >= 4 is 67.8 Å². The Morgan fingerprint density at radius 2 is 1.44 bits per heavy atom. The van der Waals surface area contributed by atoms with Crippen LogP contribution in [0.2, 0.25) is 0 Å². The Labute approximate surface area is 151 Å². The second-order valence-corrected chi connectivity index (χ2v) is 7.88. The minimum Gasteiger partial charge on any atom is -0.491 e. The topological polar surface area (TPSA) is 9.23 Å². The summed E-state index contributed by atoms with van der Waals surface area (Å²) in [4.78, 5) is 0. The molecule has 0 saturated heterocycles. The summed E-state index contributed by atoms with van der Waals surface area (Å²) in [5.41, 5.74) is 0. The van der Waals surface area contributed by atoms with Crippen molar-refractivity contribution in [3.63, 3.8) is 0 Å². The van der Waals surface area contributed by atoms with Crippen LogP contribution in [0, 0.1) is 10.7 Å². The number of hydrogen-bond acceptors (Lipinski definition) is 1. The highest BCUT2D eigenvalue weighted by atomic mass is 127. The molecule has 0 saturated carbocycles. The van der Waals surface area contributed by atoms with E-state index < -0.39 is 0 Å². The lowest BCUT2D eigenvalue weighted by Crippen LogP contribution is -2.01. The fourth-order valence-corrected chi connectivity index (χ4v) is 5.62. The Morgan fingerprint density at radius 1 is 0.889 bits per heavy atom. The highest BCUT2D eigenvalue weighted by Gasteiger charge is 2.07. The van der Waals surface area contributed by atoms with Crippen molar-refractivity contribution < 1.29 is 4.74 Å². The molecule has 0 amide bonds. The first-order valence-electron chi connectivity index (χ1n) is 6.42. The molecule has 1 aromatic carbocycles. The van der Waals surface area contributed by atoms with Gasteiger partial charge in [-0.25, -0.2) is 0 Å². The monoisotopic (exact) mass is 584 g/mol. The van der Waals surface area contributed by atoms with Crippen molar-refractivity contribution in [3.05, 3.63) is 22.8 Å². The third-order valence-corrected chi connectivity index (χ3v) is 4.93. The maximum absolute atomic E-state index is 5.91. The summed E-state index contributed by atoms with van der Waals surface area (Å²) in [6.45, 7) is 3.10. The van der Waals surface area contributed by atoms with E-state index in [1.807, 2.05) is 0 Å². The molecule has 0 atom stereocenters. The lowest BCUT2D eigenvalue weighted by atomic mass is 10.1. The fraction of sp³-hybridized carbons (Fsp3) is 0.571. The van der Waals surface area contributed by atoms with Crippen molar-refractivity contribution in [1.29, 1.82) is 0 Å².